The Labute approximate surface area is 106 Å². The normalized spacial score (nSPS) is 12.6. The lowest BCUT2D eigenvalue weighted by molar-refractivity contribution is 0.573. The zero-order valence-corrected chi connectivity index (χ0v) is 10.5. The first-order chi connectivity index (χ1) is 8.70. The number of hydrogen-bond acceptors (Lipinski definition) is 2. The van der Waals surface area contributed by atoms with Crippen molar-refractivity contribution < 1.29 is 4.39 Å². The molecule has 2 aromatic rings. The van der Waals surface area contributed by atoms with E-state index >= 15 is 0 Å². The molecule has 0 fully saturated rings. The van der Waals surface area contributed by atoms with Crippen molar-refractivity contribution in [3.05, 3.63) is 53.9 Å². The molecule has 0 amide bonds. The molecule has 1 aromatic heterocycles. The molecule has 0 spiro atoms. The SMILES string of the molecule is CCCn1ccnc1C(N)Cc1ccc(F)cc1. The third-order valence-electron chi connectivity index (χ3n) is 2.91. The third kappa shape index (κ3) is 2.96. The molecule has 1 heterocycles. The number of imidazole rings is 1. The van der Waals surface area contributed by atoms with Gasteiger partial charge in [-0.15, -0.1) is 0 Å². The van der Waals surface area contributed by atoms with Crippen LogP contribution in [0, 0.1) is 5.82 Å². The molecule has 0 aliphatic heterocycles. The highest BCUT2D eigenvalue weighted by Crippen LogP contribution is 2.15. The predicted molar refractivity (Wildman–Crippen MR) is 69.6 cm³/mol. The molecule has 1 atom stereocenters. The first kappa shape index (κ1) is 12.8. The maximum atomic E-state index is 12.8. The van der Waals surface area contributed by atoms with Crippen molar-refractivity contribution in [1.29, 1.82) is 0 Å². The molecular weight excluding hydrogens is 229 g/mol. The lowest BCUT2D eigenvalue weighted by Crippen LogP contribution is -2.19. The van der Waals surface area contributed by atoms with Crippen LogP contribution in [0.5, 0.6) is 0 Å². The number of aryl methyl sites for hydroxylation is 1. The molecule has 0 radical (unpaired) electrons. The summed E-state index contributed by atoms with van der Waals surface area (Å²) in [5.41, 5.74) is 7.19. The van der Waals surface area contributed by atoms with Gasteiger partial charge in [0.25, 0.3) is 0 Å². The van der Waals surface area contributed by atoms with Crippen molar-refractivity contribution in [3.8, 4) is 0 Å². The topological polar surface area (TPSA) is 43.8 Å². The molecular formula is C14H18FN3. The van der Waals surface area contributed by atoms with E-state index in [0.29, 0.717) is 6.42 Å². The molecule has 0 saturated carbocycles. The second-order valence-corrected chi connectivity index (χ2v) is 4.42. The number of benzene rings is 1. The predicted octanol–water partition coefficient (Wildman–Crippen LogP) is 2.67. The van der Waals surface area contributed by atoms with Crippen molar-refractivity contribution in [1.82, 2.24) is 9.55 Å². The summed E-state index contributed by atoms with van der Waals surface area (Å²) in [4.78, 5) is 4.31. The molecule has 18 heavy (non-hydrogen) atoms. The van der Waals surface area contributed by atoms with Gasteiger partial charge < -0.3 is 10.3 Å². The molecule has 0 aliphatic rings. The van der Waals surface area contributed by atoms with E-state index in [1.54, 1.807) is 18.3 Å². The zero-order valence-electron chi connectivity index (χ0n) is 10.5. The number of rotatable bonds is 5. The van der Waals surface area contributed by atoms with Crippen LogP contribution in [0.3, 0.4) is 0 Å². The van der Waals surface area contributed by atoms with Crippen LogP contribution in [0.4, 0.5) is 4.39 Å². The fourth-order valence-electron chi connectivity index (χ4n) is 2.05. The van der Waals surface area contributed by atoms with E-state index in [9.17, 15) is 4.39 Å². The van der Waals surface area contributed by atoms with Gasteiger partial charge in [0.15, 0.2) is 0 Å². The minimum atomic E-state index is -0.222. The van der Waals surface area contributed by atoms with Gasteiger partial charge in [-0.25, -0.2) is 9.37 Å². The van der Waals surface area contributed by atoms with Gasteiger partial charge in [-0.1, -0.05) is 19.1 Å². The monoisotopic (exact) mass is 247 g/mol. The van der Waals surface area contributed by atoms with Gasteiger partial charge in [0.05, 0.1) is 6.04 Å². The average molecular weight is 247 g/mol. The second-order valence-electron chi connectivity index (χ2n) is 4.42. The molecule has 3 nitrogen and oxygen atoms in total. The Kier molecular flexibility index (Phi) is 4.10. The first-order valence-electron chi connectivity index (χ1n) is 6.21. The van der Waals surface area contributed by atoms with Crippen molar-refractivity contribution in [3.63, 3.8) is 0 Å². The Hall–Kier alpha value is -1.68. The summed E-state index contributed by atoms with van der Waals surface area (Å²) in [6.45, 7) is 3.04. The Morgan fingerprint density at radius 1 is 1.33 bits per heavy atom. The lowest BCUT2D eigenvalue weighted by atomic mass is 10.1. The lowest BCUT2D eigenvalue weighted by Gasteiger charge is -2.13. The molecule has 0 aliphatic carbocycles. The van der Waals surface area contributed by atoms with Gasteiger partial charge in [-0.3, -0.25) is 0 Å². The molecule has 96 valence electrons. The van der Waals surface area contributed by atoms with Crippen LogP contribution >= 0.6 is 0 Å². The minimum absolute atomic E-state index is 0.156. The van der Waals surface area contributed by atoms with Crippen molar-refractivity contribution in [2.45, 2.75) is 32.4 Å². The van der Waals surface area contributed by atoms with Gasteiger partial charge in [-0.2, -0.15) is 0 Å². The van der Waals surface area contributed by atoms with Crippen LogP contribution in [0.1, 0.15) is 30.8 Å². The molecule has 4 heteroatoms. The summed E-state index contributed by atoms with van der Waals surface area (Å²) in [5.74, 6) is 0.668. The van der Waals surface area contributed by atoms with Crippen LogP contribution in [0.15, 0.2) is 36.7 Å². The van der Waals surface area contributed by atoms with Crippen molar-refractivity contribution in [2.24, 2.45) is 5.73 Å². The molecule has 0 bridgehead atoms. The average Bonchev–Trinajstić information content (AvgIpc) is 2.81. The first-order valence-corrected chi connectivity index (χ1v) is 6.21. The van der Waals surface area contributed by atoms with E-state index in [-0.39, 0.29) is 11.9 Å². The highest BCUT2D eigenvalue weighted by Gasteiger charge is 2.12. The number of halogens is 1. The van der Waals surface area contributed by atoms with E-state index in [0.717, 1.165) is 24.4 Å². The van der Waals surface area contributed by atoms with E-state index in [1.807, 2.05) is 6.20 Å². The Morgan fingerprint density at radius 3 is 2.72 bits per heavy atom. The zero-order chi connectivity index (χ0) is 13.0. The summed E-state index contributed by atoms with van der Waals surface area (Å²) in [5, 5.41) is 0. The highest BCUT2D eigenvalue weighted by molar-refractivity contribution is 5.18. The summed E-state index contributed by atoms with van der Waals surface area (Å²) in [7, 11) is 0. The highest BCUT2D eigenvalue weighted by atomic mass is 19.1. The van der Waals surface area contributed by atoms with Gasteiger partial charge >= 0.3 is 0 Å². The van der Waals surface area contributed by atoms with E-state index in [2.05, 4.69) is 16.5 Å². The maximum Gasteiger partial charge on any atom is 0.125 e. The Morgan fingerprint density at radius 2 is 2.06 bits per heavy atom. The van der Waals surface area contributed by atoms with Gasteiger partial charge in [0.1, 0.15) is 11.6 Å². The second kappa shape index (κ2) is 5.78. The summed E-state index contributed by atoms with van der Waals surface area (Å²) in [6.07, 6.45) is 5.44. The smallest absolute Gasteiger partial charge is 0.125 e. The molecule has 1 unspecified atom stereocenters. The van der Waals surface area contributed by atoms with Gasteiger partial charge in [0.2, 0.25) is 0 Å². The largest absolute Gasteiger partial charge is 0.334 e. The molecule has 2 rings (SSSR count). The van der Waals surface area contributed by atoms with Crippen molar-refractivity contribution in [2.75, 3.05) is 0 Å². The van der Waals surface area contributed by atoms with Crippen LogP contribution in [0.2, 0.25) is 0 Å². The van der Waals surface area contributed by atoms with Crippen molar-refractivity contribution >= 4 is 0 Å². The fraction of sp³-hybridized carbons (Fsp3) is 0.357. The van der Waals surface area contributed by atoms with Crippen LogP contribution in [-0.2, 0) is 13.0 Å². The third-order valence-corrected chi connectivity index (χ3v) is 2.91. The van der Waals surface area contributed by atoms with Crippen LogP contribution < -0.4 is 5.73 Å². The fourth-order valence-corrected chi connectivity index (χ4v) is 2.05. The van der Waals surface area contributed by atoms with E-state index in [1.165, 1.54) is 12.1 Å². The van der Waals surface area contributed by atoms with E-state index < -0.39 is 0 Å². The van der Waals surface area contributed by atoms with Gasteiger partial charge in [0, 0.05) is 18.9 Å². The number of nitrogens with two attached hydrogens (primary N) is 1. The standard InChI is InChI=1S/C14H18FN3/c1-2-8-18-9-7-17-14(18)13(16)10-11-3-5-12(15)6-4-11/h3-7,9,13H,2,8,10,16H2,1H3. The van der Waals surface area contributed by atoms with Crippen LogP contribution in [0.25, 0.3) is 0 Å². The van der Waals surface area contributed by atoms with Crippen LogP contribution in [-0.4, -0.2) is 9.55 Å². The Bertz CT molecular complexity index is 490. The number of aromatic nitrogens is 2. The van der Waals surface area contributed by atoms with Gasteiger partial charge in [-0.05, 0) is 30.5 Å². The summed E-state index contributed by atoms with van der Waals surface area (Å²) in [6, 6.07) is 6.29. The molecule has 2 N–H and O–H groups in total. The van der Waals surface area contributed by atoms with E-state index in [4.69, 9.17) is 5.73 Å². The number of hydrogen-bond donors (Lipinski definition) is 1. The molecule has 0 saturated heterocycles. The quantitative estimate of drug-likeness (QED) is 0.882. The summed E-state index contributed by atoms with van der Waals surface area (Å²) >= 11 is 0. The minimum Gasteiger partial charge on any atom is -0.334 e. The Balaban J connectivity index is 2.09. The molecule has 1 aromatic carbocycles. The number of nitrogens with zero attached hydrogens (tertiary/aromatic N) is 2. The summed E-state index contributed by atoms with van der Waals surface area (Å²) < 4.78 is 14.9. The maximum absolute atomic E-state index is 12.8.